The summed E-state index contributed by atoms with van der Waals surface area (Å²) < 4.78 is 0. The molecule has 0 unspecified atom stereocenters. The molecule has 2 fully saturated rings. The lowest BCUT2D eigenvalue weighted by Crippen LogP contribution is -2.50. The molecule has 1 aliphatic carbocycles. The van der Waals surface area contributed by atoms with Crippen molar-refractivity contribution in [1.29, 1.82) is 5.26 Å². The Hall–Kier alpha value is -2.43. The lowest BCUT2D eigenvalue weighted by Gasteiger charge is -2.23. The summed E-state index contributed by atoms with van der Waals surface area (Å²) in [5, 5.41) is 11.8. The van der Waals surface area contributed by atoms with Crippen molar-refractivity contribution in [2.45, 2.75) is 38.1 Å². The zero-order chi connectivity index (χ0) is 15.6. The lowest BCUT2D eigenvalue weighted by atomic mass is 10.00. The SMILES string of the molecule is CCN1C(=O)C(=O)N(CC(=O)NC2(C#N)CCCC2)C1=O. The average molecular weight is 292 g/mol. The molecule has 0 aromatic carbocycles. The molecule has 0 radical (unpaired) electrons. The Kier molecular flexibility index (Phi) is 3.93. The van der Waals surface area contributed by atoms with Gasteiger partial charge in [0.15, 0.2) is 0 Å². The quantitative estimate of drug-likeness (QED) is 0.567. The van der Waals surface area contributed by atoms with E-state index >= 15 is 0 Å². The summed E-state index contributed by atoms with van der Waals surface area (Å²) in [5.74, 6) is -2.54. The van der Waals surface area contributed by atoms with Gasteiger partial charge in [-0.15, -0.1) is 0 Å². The highest BCUT2D eigenvalue weighted by Gasteiger charge is 2.45. The second-order valence-electron chi connectivity index (χ2n) is 5.17. The first-order valence-corrected chi connectivity index (χ1v) is 6.83. The van der Waals surface area contributed by atoms with Crippen LogP contribution in [-0.4, -0.2) is 52.2 Å². The molecule has 2 rings (SSSR count). The van der Waals surface area contributed by atoms with Gasteiger partial charge >= 0.3 is 17.8 Å². The number of carbonyl (C=O) groups excluding carboxylic acids is 4. The zero-order valence-electron chi connectivity index (χ0n) is 11.7. The van der Waals surface area contributed by atoms with Crippen LogP contribution in [0.5, 0.6) is 0 Å². The van der Waals surface area contributed by atoms with Crippen LogP contribution in [0.2, 0.25) is 0 Å². The molecule has 1 saturated carbocycles. The number of hydrogen-bond donors (Lipinski definition) is 1. The highest BCUT2D eigenvalue weighted by molar-refractivity contribution is 6.45. The van der Waals surface area contributed by atoms with Gasteiger partial charge in [-0.05, 0) is 32.6 Å². The monoisotopic (exact) mass is 292 g/mol. The number of amides is 5. The zero-order valence-corrected chi connectivity index (χ0v) is 11.7. The van der Waals surface area contributed by atoms with Gasteiger partial charge in [0, 0.05) is 6.54 Å². The van der Waals surface area contributed by atoms with E-state index in [1.54, 1.807) is 6.92 Å². The molecular formula is C13H16N4O4. The standard InChI is InChI=1S/C13H16N4O4/c1-2-16-10(19)11(20)17(12(16)21)7-9(18)15-13(8-14)5-3-4-6-13/h2-7H2,1H3,(H,15,18). The van der Waals surface area contributed by atoms with Gasteiger partial charge in [0.1, 0.15) is 12.1 Å². The topological polar surface area (TPSA) is 111 Å². The van der Waals surface area contributed by atoms with Gasteiger partial charge in [-0.2, -0.15) is 5.26 Å². The fraction of sp³-hybridized carbons (Fsp3) is 0.615. The molecule has 1 aliphatic heterocycles. The highest BCUT2D eigenvalue weighted by atomic mass is 16.2. The van der Waals surface area contributed by atoms with Crippen LogP contribution in [0.15, 0.2) is 0 Å². The van der Waals surface area contributed by atoms with E-state index in [1.807, 2.05) is 0 Å². The largest absolute Gasteiger partial charge is 0.336 e. The first kappa shape index (κ1) is 15.0. The van der Waals surface area contributed by atoms with Crippen LogP contribution in [0.1, 0.15) is 32.6 Å². The summed E-state index contributed by atoms with van der Waals surface area (Å²) in [6.07, 6.45) is 2.79. The second-order valence-corrected chi connectivity index (χ2v) is 5.17. The van der Waals surface area contributed by atoms with E-state index in [4.69, 9.17) is 0 Å². The van der Waals surface area contributed by atoms with Crippen LogP contribution in [0.25, 0.3) is 0 Å². The Balaban J connectivity index is 2.03. The Labute approximate surface area is 121 Å². The molecule has 0 bridgehead atoms. The van der Waals surface area contributed by atoms with Crippen LogP contribution in [0.3, 0.4) is 0 Å². The van der Waals surface area contributed by atoms with Crippen molar-refractivity contribution < 1.29 is 19.2 Å². The second kappa shape index (κ2) is 5.52. The molecule has 0 atom stereocenters. The third-order valence-corrected chi connectivity index (χ3v) is 3.80. The molecule has 1 saturated heterocycles. The maximum atomic E-state index is 12.0. The van der Waals surface area contributed by atoms with E-state index < -0.39 is 35.8 Å². The van der Waals surface area contributed by atoms with Crippen molar-refractivity contribution in [2.75, 3.05) is 13.1 Å². The number of hydrogen-bond acceptors (Lipinski definition) is 5. The number of imide groups is 2. The van der Waals surface area contributed by atoms with Gasteiger partial charge < -0.3 is 5.32 Å². The Bertz CT molecular complexity index is 545. The smallest absolute Gasteiger partial charge is 0.334 e. The first-order valence-electron chi connectivity index (χ1n) is 6.83. The lowest BCUT2D eigenvalue weighted by molar-refractivity contribution is -0.144. The molecule has 1 N–H and O–H groups in total. The number of carbonyl (C=O) groups is 4. The van der Waals surface area contributed by atoms with Crippen LogP contribution in [-0.2, 0) is 14.4 Å². The molecule has 0 spiro atoms. The summed E-state index contributed by atoms with van der Waals surface area (Å²) in [6.45, 7) is 1.10. The van der Waals surface area contributed by atoms with E-state index in [-0.39, 0.29) is 6.54 Å². The van der Waals surface area contributed by atoms with Crippen molar-refractivity contribution in [3.05, 3.63) is 0 Å². The molecule has 0 aromatic heterocycles. The van der Waals surface area contributed by atoms with Crippen molar-refractivity contribution in [1.82, 2.24) is 15.1 Å². The van der Waals surface area contributed by atoms with E-state index in [2.05, 4.69) is 11.4 Å². The molecule has 2 aliphatic rings. The highest BCUT2D eigenvalue weighted by Crippen LogP contribution is 2.28. The normalized spacial score (nSPS) is 20.9. The fourth-order valence-corrected chi connectivity index (χ4v) is 2.66. The predicted molar refractivity (Wildman–Crippen MR) is 69.5 cm³/mol. The Morgan fingerprint density at radius 3 is 2.29 bits per heavy atom. The summed E-state index contributed by atoms with van der Waals surface area (Å²) in [7, 11) is 0. The Morgan fingerprint density at radius 1 is 1.24 bits per heavy atom. The summed E-state index contributed by atoms with van der Waals surface area (Å²) >= 11 is 0. The summed E-state index contributed by atoms with van der Waals surface area (Å²) in [4.78, 5) is 48.4. The van der Waals surface area contributed by atoms with E-state index in [0.717, 1.165) is 17.7 Å². The summed E-state index contributed by atoms with van der Waals surface area (Å²) in [5.41, 5.74) is -0.919. The third-order valence-electron chi connectivity index (χ3n) is 3.80. The van der Waals surface area contributed by atoms with E-state index in [1.165, 1.54) is 0 Å². The number of nitrogens with zero attached hydrogens (tertiary/aromatic N) is 3. The van der Waals surface area contributed by atoms with Crippen LogP contribution >= 0.6 is 0 Å². The first-order chi connectivity index (χ1) is 9.94. The van der Waals surface area contributed by atoms with Crippen molar-refractivity contribution in [3.8, 4) is 6.07 Å². The maximum absolute atomic E-state index is 12.0. The van der Waals surface area contributed by atoms with Crippen molar-refractivity contribution in [3.63, 3.8) is 0 Å². The molecule has 21 heavy (non-hydrogen) atoms. The van der Waals surface area contributed by atoms with Gasteiger partial charge in [0.05, 0.1) is 6.07 Å². The van der Waals surface area contributed by atoms with Gasteiger partial charge in [0.2, 0.25) is 5.91 Å². The van der Waals surface area contributed by atoms with Gasteiger partial charge in [-0.25, -0.2) is 9.69 Å². The van der Waals surface area contributed by atoms with E-state index in [9.17, 15) is 24.4 Å². The van der Waals surface area contributed by atoms with Gasteiger partial charge in [0.25, 0.3) is 0 Å². The van der Waals surface area contributed by atoms with Gasteiger partial charge in [-0.1, -0.05) is 0 Å². The van der Waals surface area contributed by atoms with Crippen molar-refractivity contribution >= 4 is 23.8 Å². The van der Waals surface area contributed by atoms with Gasteiger partial charge in [-0.3, -0.25) is 19.3 Å². The van der Waals surface area contributed by atoms with Crippen LogP contribution in [0, 0.1) is 11.3 Å². The molecule has 8 nitrogen and oxygen atoms in total. The maximum Gasteiger partial charge on any atom is 0.334 e. The van der Waals surface area contributed by atoms with E-state index in [0.29, 0.717) is 17.7 Å². The minimum atomic E-state index is -1.01. The number of urea groups is 1. The number of rotatable bonds is 4. The molecule has 5 amide bonds. The predicted octanol–water partition coefficient (Wildman–Crippen LogP) is -0.250. The van der Waals surface area contributed by atoms with Crippen LogP contribution < -0.4 is 5.32 Å². The number of nitrogens with one attached hydrogen (secondary N) is 1. The third kappa shape index (κ3) is 2.59. The number of likely N-dealkylation sites (N-methyl/N-ethyl adjacent to an activating group) is 1. The van der Waals surface area contributed by atoms with Crippen molar-refractivity contribution in [2.24, 2.45) is 0 Å². The molecule has 112 valence electrons. The molecule has 1 heterocycles. The minimum absolute atomic E-state index is 0.0731. The number of nitriles is 1. The average Bonchev–Trinajstić information content (AvgIpc) is 2.99. The minimum Gasteiger partial charge on any atom is -0.336 e. The summed E-state index contributed by atoms with van der Waals surface area (Å²) in [6, 6.07) is 1.30. The molecule has 8 heteroatoms. The molecular weight excluding hydrogens is 276 g/mol. The molecule has 0 aromatic rings. The fourth-order valence-electron chi connectivity index (χ4n) is 2.66. The Morgan fingerprint density at radius 2 is 1.81 bits per heavy atom. The van der Waals surface area contributed by atoms with Crippen LogP contribution in [0.4, 0.5) is 4.79 Å².